The predicted octanol–water partition coefficient (Wildman–Crippen LogP) is 2.87. The number of urea groups is 1. The van der Waals surface area contributed by atoms with Gasteiger partial charge in [-0.05, 0) is 58.4 Å². The Morgan fingerprint density at radius 2 is 2.00 bits per heavy atom. The van der Waals surface area contributed by atoms with E-state index in [4.69, 9.17) is 4.74 Å². The zero-order valence-corrected chi connectivity index (χ0v) is 19.4. The standard InChI is InChI=1S/C22H28N4O5S/c1-13(31-17(27)10-7-11-26-20(29)22(2,3)25-21(26)30)18(28)24-19-15(12-23)14-8-5-4-6-9-16(14)32-19/h13H,4-11H2,1-3H3,(H,24,28)(H,25,30)/t13-/m1/s1. The van der Waals surface area contributed by atoms with Crippen LogP contribution in [-0.2, 0) is 32.0 Å². The second-order valence-electron chi connectivity index (χ2n) is 8.62. The summed E-state index contributed by atoms with van der Waals surface area (Å²) >= 11 is 1.42. The van der Waals surface area contributed by atoms with Gasteiger partial charge in [-0.25, -0.2) is 4.79 Å². The Bertz CT molecular complexity index is 978. The third-order valence-corrected chi connectivity index (χ3v) is 6.86. The molecule has 1 fully saturated rings. The van der Waals surface area contributed by atoms with Crippen molar-refractivity contribution in [1.82, 2.24) is 10.2 Å². The minimum atomic E-state index is -1.04. The minimum absolute atomic E-state index is 0.0359. The number of fused-ring (bicyclic) bond motifs is 1. The lowest BCUT2D eigenvalue weighted by atomic mass is 10.1. The summed E-state index contributed by atoms with van der Waals surface area (Å²) in [5.74, 6) is -1.44. The molecule has 0 radical (unpaired) electrons. The number of nitriles is 1. The van der Waals surface area contributed by atoms with Crippen LogP contribution in [0, 0.1) is 11.3 Å². The monoisotopic (exact) mass is 460 g/mol. The number of rotatable bonds is 7. The van der Waals surface area contributed by atoms with Crippen molar-refractivity contribution in [2.75, 3.05) is 11.9 Å². The van der Waals surface area contributed by atoms with Gasteiger partial charge in [0.25, 0.3) is 11.8 Å². The first-order valence-electron chi connectivity index (χ1n) is 10.8. The molecule has 32 heavy (non-hydrogen) atoms. The molecule has 0 bridgehead atoms. The Morgan fingerprint density at radius 1 is 1.28 bits per heavy atom. The molecule has 2 heterocycles. The van der Waals surface area contributed by atoms with E-state index in [2.05, 4.69) is 16.7 Å². The summed E-state index contributed by atoms with van der Waals surface area (Å²) in [6, 6.07) is 1.72. The molecule has 2 aliphatic rings. The zero-order chi connectivity index (χ0) is 23.5. The number of nitrogens with one attached hydrogen (secondary N) is 2. The van der Waals surface area contributed by atoms with Crippen molar-refractivity contribution in [3.8, 4) is 6.07 Å². The van der Waals surface area contributed by atoms with Crippen molar-refractivity contribution < 1.29 is 23.9 Å². The average Bonchev–Trinajstić information content (AvgIpc) is 3.01. The van der Waals surface area contributed by atoms with Gasteiger partial charge in [0.2, 0.25) is 0 Å². The van der Waals surface area contributed by atoms with Gasteiger partial charge in [0.15, 0.2) is 6.10 Å². The number of imide groups is 1. The maximum absolute atomic E-state index is 12.5. The minimum Gasteiger partial charge on any atom is -0.453 e. The van der Waals surface area contributed by atoms with Gasteiger partial charge < -0.3 is 15.4 Å². The second kappa shape index (κ2) is 9.69. The maximum Gasteiger partial charge on any atom is 0.325 e. The van der Waals surface area contributed by atoms with Crippen LogP contribution in [0.2, 0.25) is 0 Å². The highest BCUT2D eigenvalue weighted by atomic mass is 32.1. The number of ether oxygens (including phenoxy) is 1. The molecule has 0 saturated carbocycles. The Balaban J connectivity index is 1.50. The maximum atomic E-state index is 12.5. The van der Waals surface area contributed by atoms with Crippen LogP contribution in [-0.4, -0.2) is 46.9 Å². The number of amides is 4. The van der Waals surface area contributed by atoms with Crippen LogP contribution in [0.4, 0.5) is 9.80 Å². The topological polar surface area (TPSA) is 129 Å². The van der Waals surface area contributed by atoms with E-state index < -0.39 is 29.6 Å². The SMILES string of the molecule is C[C@@H](OC(=O)CCCN1C(=O)NC(C)(C)C1=O)C(=O)Nc1sc2c(c1C#N)CCCCC2. The fourth-order valence-corrected chi connectivity index (χ4v) is 5.12. The Hall–Kier alpha value is -2.93. The lowest BCUT2D eigenvalue weighted by Crippen LogP contribution is -2.40. The highest BCUT2D eigenvalue weighted by Crippen LogP contribution is 2.37. The molecule has 4 amide bonds. The number of carbonyl (C=O) groups is 4. The molecule has 3 rings (SSSR count). The Morgan fingerprint density at radius 3 is 2.66 bits per heavy atom. The summed E-state index contributed by atoms with van der Waals surface area (Å²) in [5.41, 5.74) is 0.584. The van der Waals surface area contributed by atoms with Crippen LogP contribution in [0.25, 0.3) is 0 Å². The first-order chi connectivity index (χ1) is 15.1. The molecule has 10 heteroatoms. The number of aryl methyl sites for hydroxylation is 1. The van der Waals surface area contributed by atoms with Crippen LogP contribution in [0.15, 0.2) is 0 Å². The van der Waals surface area contributed by atoms with E-state index in [1.54, 1.807) is 13.8 Å². The molecule has 2 N–H and O–H groups in total. The van der Waals surface area contributed by atoms with Crippen LogP contribution in [0.5, 0.6) is 0 Å². The molecule has 0 aromatic carbocycles. The van der Waals surface area contributed by atoms with Gasteiger partial charge in [-0.1, -0.05) is 6.42 Å². The van der Waals surface area contributed by atoms with Crippen molar-refractivity contribution in [3.63, 3.8) is 0 Å². The van der Waals surface area contributed by atoms with Crippen molar-refractivity contribution in [1.29, 1.82) is 5.26 Å². The van der Waals surface area contributed by atoms with Crippen molar-refractivity contribution in [2.45, 2.75) is 77.4 Å². The van der Waals surface area contributed by atoms with Crippen LogP contribution < -0.4 is 10.6 Å². The zero-order valence-electron chi connectivity index (χ0n) is 18.6. The number of hydrogen-bond donors (Lipinski definition) is 2. The molecular weight excluding hydrogens is 432 g/mol. The number of thiophene rings is 1. The summed E-state index contributed by atoms with van der Waals surface area (Å²) < 4.78 is 5.21. The predicted molar refractivity (Wildman–Crippen MR) is 118 cm³/mol. The van der Waals surface area contributed by atoms with E-state index in [-0.39, 0.29) is 25.3 Å². The average molecular weight is 461 g/mol. The Kier molecular flexibility index (Phi) is 7.19. The van der Waals surface area contributed by atoms with Crippen molar-refractivity contribution >= 4 is 40.2 Å². The molecule has 9 nitrogen and oxygen atoms in total. The number of anilines is 1. The molecular formula is C22H28N4O5S. The van der Waals surface area contributed by atoms with Gasteiger partial charge in [-0.15, -0.1) is 11.3 Å². The molecule has 1 aliphatic carbocycles. The lowest BCUT2D eigenvalue weighted by Gasteiger charge is -2.16. The summed E-state index contributed by atoms with van der Waals surface area (Å²) in [6.45, 7) is 4.80. The fraction of sp³-hybridized carbons (Fsp3) is 0.591. The number of carbonyl (C=O) groups excluding carboxylic acids is 4. The molecule has 172 valence electrons. The van der Waals surface area contributed by atoms with E-state index in [0.29, 0.717) is 10.6 Å². The first-order valence-corrected chi connectivity index (χ1v) is 11.6. The molecule has 1 aromatic rings. The third-order valence-electron chi connectivity index (χ3n) is 5.65. The second-order valence-corrected chi connectivity index (χ2v) is 9.72. The van der Waals surface area contributed by atoms with Crippen LogP contribution in [0.3, 0.4) is 0 Å². The molecule has 0 unspecified atom stereocenters. The molecule has 1 atom stereocenters. The van der Waals surface area contributed by atoms with Gasteiger partial charge in [0, 0.05) is 17.8 Å². The number of hydrogen-bond acceptors (Lipinski definition) is 7. The van der Waals surface area contributed by atoms with E-state index in [0.717, 1.165) is 47.4 Å². The molecule has 0 spiro atoms. The van der Waals surface area contributed by atoms with Crippen LogP contribution >= 0.6 is 11.3 Å². The van der Waals surface area contributed by atoms with Gasteiger partial charge in [0.05, 0.1) is 5.56 Å². The fourth-order valence-electron chi connectivity index (χ4n) is 3.87. The number of esters is 1. The summed E-state index contributed by atoms with van der Waals surface area (Å²) in [7, 11) is 0. The van der Waals surface area contributed by atoms with Crippen LogP contribution in [0.1, 0.15) is 68.9 Å². The number of nitrogens with zero attached hydrogens (tertiary/aromatic N) is 2. The highest BCUT2D eigenvalue weighted by Gasteiger charge is 2.43. The van der Waals surface area contributed by atoms with E-state index in [1.165, 1.54) is 18.3 Å². The van der Waals surface area contributed by atoms with E-state index in [9.17, 15) is 24.4 Å². The molecule has 1 saturated heterocycles. The quantitative estimate of drug-likeness (QED) is 0.366. The molecule has 1 aliphatic heterocycles. The van der Waals surface area contributed by atoms with Gasteiger partial charge in [0.1, 0.15) is 16.6 Å². The van der Waals surface area contributed by atoms with Crippen molar-refractivity contribution in [2.24, 2.45) is 0 Å². The van der Waals surface area contributed by atoms with E-state index in [1.807, 2.05) is 0 Å². The van der Waals surface area contributed by atoms with Gasteiger partial charge >= 0.3 is 12.0 Å². The molecule has 1 aromatic heterocycles. The summed E-state index contributed by atoms with van der Waals surface area (Å²) in [5, 5.41) is 15.4. The third kappa shape index (κ3) is 5.10. The normalized spacial score (nSPS) is 18.2. The first kappa shape index (κ1) is 23.7. The summed E-state index contributed by atoms with van der Waals surface area (Å²) in [4.78, 5) is 50.9. The lowest BCUT2D eigenvalue weighted by molar-refractivity contribution is -0.153. The smallest absolute Gasteiger partial charge is 0.325 e. The largest absolute Gasteiger partial charge is 0.453 e. The van der Waals surface area contributed by atoms with Crippen molar-refractivity contribution in [3.05, 3.63) is 16.0 Å². The van der Waals surface area contributed by atoms with E-state index >= 15 is 0 Å². The highest BCUT2D eigenvalue weighted by molar-refractivity contribution is 7.16. The Labute approximate surface area is 191 Å². The van der Waals surface area contributed by atoms with Gasteiger partial charge in [-0.2, -0.15) is 5.26 Å². The summed E-state index contributed by atoms with van der Waals surface area (Å²) in [6.07, 6.45) is 4.14. The van der Waals surface area contributed by atoms with Gasteiger partial charge in [-0.3, -0.25) is 19.3 Å².